The molecule has 0 saturated heterocycles. The van der Waals surface area contributed by atoms with Gasteiger partial charge in [-0.25, -0.2) is 4.79 Å². The molecule has 0 aliphatic carbocycles. The molecular formula is C13H12O4. The van der Waals surface area contributed by atoms with Gasteiger partial charge in [-0.3, -0.25) is 0 Å². The number of aldehydes is 1. The molecule has 0 amide bonds. The van der Waals surface area contributed by atoms with Gasteiger partial charge in [0.1, 0.15) is 17.6 Å². The number of ether oxygens (including phenoxy) is 1. The Morgan fingerprint density at radius 3 is 2.94 bits per heavy atom. The third kappa shape index (κ3) is 2.36. The number of aryl methyl sites for hydroxylation is 1. The monoisotopic (exact) mass is 232 g/mol. The predicted octanol–water partition coefficient (Wildman–Crippen LogP) is 2.35. The topological polar surface area (TPSA) is 56.5 Å². The highest BCUT2D eigenvalue weighted by Gasteiger charge is 2.09. The van der Waals surface area contributed by atoms with Crippen LogP contribution in [0.4, 0.5) is 0 Å². The highest BCUT2D eigenvalue weighted by Crippen LogP contribution is 2.21. The van der Waals surface area contributed by atoms with Crippen LogP contribution in [0.2, 0.25) is 0 Å². The SMILES string of the molecule is COC(=O)c1ccc2oc(CCC=O)cc2c1. The maximum atomic E-state index is 11.3. The molecule has 0 spiro atoms. The maximum absolute atomic E-state index is 11.3. The molecule has 4 heteroatoms. The van der Waals surface area contributed by atoms with Gasteiger partial charge in [-0.15, -0.1) is 0 Å². The number of carbonyl (C=O) groups excluding carboxylic acids is 2. The number of carbonyl (C=O) groups is 2. The first-order valence-corrected chi connectivity index (χ1v) is 5.29. The molecule has 0 radical (unpaired) electrons. The largest absolute Gasteiger partial charge is 0.465 e. The Morgan fingerprint density at radius 1 is 1.41 bits per heavy atom. The quantitative estimate of drug-likeness (QED) is 0.599. The van der Waals surface area contributed by atoms with Gasteiger partial charge in [-0.2, -0.15) is 0 Å². The van der Waals surface area contributed by atoms with Crippen LogP contribution in [0.15, 0.2) is 28.7 Å². The number of methoxy groups -OCH3 is 1. The fraction of sp³-hybridized carbons (Fsp3) is 0.231. The number of rotatable bonds is 4. The predicted molar refractivity (Wildman–Crippen MR) is 61.9 cm³/mol. The number of hydrogen-bond acceptors (Lipinski definition) is 4. The van der Waals surface area contributed by atoms with Gasteiger partial charge in [0.05, 0.1) is 12.7 Å². The molecule has 1 aromatic heterocycles. The van der Waals surface area contributed by atoms with Crippen LogP contribution in [0, 0.1) is 0 Å². The van der Waals surface area contributed by atoms with Gasteiger partial charge in [0.15, 0.2) is 0 Å². The summed E-state index contributed by atoms with van der Waals surface area (Å²) < 4.78 is 10.2. The van der Waals surface area contributed by atoms with Crippen LogP contribution < -0.4 is 0 Å². The van der Waals surface area contributed by atoms with Gasteiger partial charge >= 0.3 is 5.97 Å². The highest BCUT2D eigenvalue weighted by atomic mass is 16.5. The van der Waals surface area contributed by atoms with Crippen LogP contribution in [0.1, 0.15) is 22.5 Å². The Labute approximate surface area is 98.2 Å². The Kier molecular flexibility index (Phi) is 3.23. The molecule has 17 heavy (non-hydrogen) atoms. The minimum Gasteiger partial charge on any atom is -0.465 e. The number of fused-ring (bicyclic) bond motifs is 1. The van der Waals surface area contributed by atoms with Gasteiger partial charge in [0.25, 0.3) is 0 Å². The summed E-state index contributed by atoms with van der Waals surface area (Å²) >= 11 is 0. The molecule has 1 aromatic carbocycles. The van der Waals surface area contributed by atoms with Crippen LogP contribution in [0.5, 0.6) is 0 Å². The van der Waals surface area contributed by atoms with E-state index in [9.17, 15) is 9.59 Å². The summed E-state index contributed by atoms with van der Waals surface area (Å²) in [6.07, 6.45) is 1.86. The van der Waals surface area contributed by atoms with E-state index in [4.69, 9.17) is 4.42 Å². The molecule has 4 nitrogen and oxygen atoms in total. The molecule has 0 unspecified atom stereocenters. The molecule has 0 saturated carbocycles. The summed E-state index contributed by atoms with van der Waals surface area (Å²) in [7, 11) is 1.34. The summed E-state index contributed by atoms with van der Waals surface area (Å²) in [5.41, 5.74) is 1.20. The third-order valence-electron chi connectivity index (χ3n) is 2.50. The number of furan rings is 1. The van der Waals surface area contributed by atoms with E-state index in [0.717, 1.165) is 17.4 Å². The third-order valence-corrected chi connectivity index (χ3v) is 2.50. The lowest BCUT2D eigenvalue weighted by Gasteiger charge is -1.97. The van der Waals surface area contributed by atoms with Crippen molar-refractivity contribution in [2.24, 2.45) is 0 Å². The van der Waals surface area contributed by atoms with Gasteiger partial charge < -0.3 is 13.9 Å². The summed E-state index contributed by atoms with van der Waals surface area (Å²) in [4.78, 5) is 21.6. The fourth-order valence-corrected chi connectivity index (χ4v) is 1.67. The van der Waals surface area contributed by atoms with E-state index >= 15 is 0 Å². The van der Waals surface area contributed by atoms with Crippen LogP contribution >= 0.6 is 0 Å². The summed E-state index contributed by atoms with van der Waals surface area (Å²) in [6, 6.07) is 6.94. The van der Waals surface area contributed by atoms with Crippen LogP contribution in [-0.2, 0) is 16.0 Å². The molecule has 88 valence electrons. The van der Waals surface area contributed by atoms with Crippen molar-refractivity contribution in [3.63, 3.8) is 0 Å². The molecule has 2 aromatic rings. The zero-order chi connectivity index (χ0) is 12.3. The Bertz CT molecular complexity index is 554. The maximum Gasteiger partial charge on any atom is 0.337 e. The first kappa shape index (κ1) is 11.4. The lowest BCUT2D eigenvalue weighted by molar-refractivity contribution is -0.107. The number of hydrogen-bond donors (Lipinski definition) is 0. The smallest absolute Gasteiger partial charge is 0.337 e. The van der Waals surface area contributed by atoms with E-state index in [1.807, 2.05) is 6.07 Å². The minimum atomic E-state index is -0.373. The van der Waals surface area contributed by atoms with Crippen molar-refractivity contribution >= 4 is 23.2 Å². The summed E-state index contributed by atoms with van der Waals surface area (Å²) in [5, 5.41) is 0.841. The normalized spacial score (nSPS) is 10.4. The minimum absolute atomic E-state index is 0.373. The molecule has 0 N–H and O–H groups in total. The average Bonchev–Trinajstić information content (AvgIpc) is 2.76. The first-order valence-electron chi connectivity index (χ1n) is 5.29. The molecule has 0 aliphatic rings. The Morgan fingerprint density at radius 2 is 2.24 bits per heavy atom. The van der Waals surface area contributed by atoms with Crippen molar-refractivity contribution < 1.29 is 18.7 Å². The molecule has 0 aliphatic heterocycles. The molecular weight excluding hydrogens is 220 g/mol. The van der Waals surface area contributed by atoms with Crippen molar-refractivity contribution in [1.82, 2.24) is 0 Å². The van der Waals surface area contributed by atoms with Crippen molar-refractivity contribution in [2.75, 3.05) is 7.11 Å². The standard InChI is InChI=1S/C13H12O4/c1-16-13(15)9-4-5-12-10(7-9)8-11(17-12)3-2-6-14/h4-8H,2-3H2,1H3. The number of benzene rings is 1. The van der Waals surface area contributed by atoms with Gasteiger partial charge in [0.2, 0.25) is 0 Å². The second-order valence-corrected chi connectivity index (χ2v) is 3.66. The molecule has 2 rings (SSSR count). The van der Waals surface area contributed by atoms with Gasteiger partial charge in [0, 0.05) is 18.2 Å². The van der Waals surface area contributed by atoms with E-state index in [0.29, 0.717) is 24.0 Å². The van der Waals surface area contributed by atoms with E-state index < -0.39 is 0 Å². The van der Waals surface area contributed by atoms with Gasteiger partial charge in [-0.1, -0.05) is 0 Å². The van der Waals surface area contributed by atoms with E-state index in [-0.39, 0.29) is 5.97 Å². The summed E-state index contributed by atoms with van der Waals surface area (Å²) in [5.74, 6) is 0.372. The van der Waals surface area contributed by atoms with Crippen LogP contribution in [0.3, 0.4) is 0 Å². The van der Waals surface area contributed by atoms with Crippen molar-refractivity contribution in [3.05, 3.63) is 35.6 Å². The van der Waals surface area contributed by atoms with Crippen molar-refractivity contribution in [3.8, 4) is 0 Å². The van der Waals surface area contributed by atoms with Crippen LogP contribution in [-0.4, -0.2) is 19.4 Å². The lowest BCUT2D eigenvalue weighted by Crippen LogP contribution is -1.99. The molecule has 0 atom stereocenters. The van der Waals surface area contributed by atoms with E-state index in [2.05, 4.69) is 4.74 Å². The van der Waals surface area contributed by atoms with E-state index in [1.165, 1.54) is 7.11 Å². The zero-order valence-electron chi connectivity index (χ0n) is 9.43. The second kappa shape index (κ2) is 4.82. The van der Waals surface area contributed by atoms with Crippen LogP contribution in [0.25, 0.3) is 11.0 Å². The number of esters is 1. The first-order chi connectivity index (χ1) is 8.24. The summed E-state index contributed by atoms with van der Waals surface area (Å²) in [6.45, 7) is 0. The Hall–Kier alpha value is -2.10. The molecule has 0 bridgehead atoms. The van der Waals surface area contributed by atoms with Gasteiger partial charge in [-0.05, 0) is 24.3 Å². The zero-order valence-corrected chi connectivity index (χ0v) is 9.43. The van der Waals surface area contributed by atoms with E-state index in [1.54, 1.807) is 18.2 Å². The second-order valence-electron chi connectivity index (χ2n) is 3.66. The average molecular weight is 232 g/mol. The van der Waals surface area contributed by atoms with Crippen molar-refractivity contribution in [1.29, 1.82) is 0 Å². The molecule has 1 heterocycles. The lowest BCUT2D eigenvalue weighted by atomic mass is 10.1. The Balaban J connectivity index is 2.34. The highest BCUT2D eigenvalue weighted by molar-refractivity contribution is 5.94. The molecule has 0 fully saturated rings. The fourth-order valence-electron chi connectivity index (χ4n) is 1.67. The van der Waals surface area contributed by atoms with Crippen molar-refractivity contribution in [2.45, 2.75) is 12.8 Å².